The number of nitrogens with zero attached hydrogens (tertiary/aromatic N) is 2. The fraction of sp³-hybridized carbons (Fsp3) is 0.167. The number of hydrogen-bond acceptors (Lipinski definition) is 3. The van der Waals surface area contributed by atoms with E-state index in [4.69, 9.17) is 5.26 Å². The molecule has 0 saturated carbocycles. The summed E-state index contributed by atoms with van der Waals surface area (Å²) in [6.07, 6.45) is 3.41. The third-order valence-electron chi connectivity index (χ3n) is 0.982. The van der Waals surface area contributed by atoms with Crippen LogP contribution < -0.4 is 0 Å². The SMILES string of the molecule is N#CC1=NC=CCC1=O. The van der Waals surface area contributed by atoms with E-state index < -0.39 is 0 Å². The molecule has 1 aliphatic rings. The lowest BCUT2D eigenvalue weighted by Crippen LogP contribution is -2.12. The smallest absolute Gasteiger partial charge is 0.195 e. The van der Waals surface area contributed by atoms with E-state index in [9.17, 15) is 4.79 Å². The third kappa shape index (κ3) is 1.03. The first kappa shape index (κ1) is 5.70. The van der Waals surface area contributed by atoms with Crippen molar-refractivity contribution in [2.45, 2.75) is 6.42 Å². The highest BCUT2D eigenvalue weighted by Crippen LogP contribution is 1.96. The van der Waals surface area contributed by atoms with Crippen LogP contribution in [0.1, 0.15) is 6.42 Å². The van der Waals surface area contributed by atoms with Gasteiger partial charge in [0.1, 0.15) is 6.07 Å². The molecule has 0 saturated heterocycles. The summed E-state index contributed by atoms with van der Waals surface area (Å²) in [6.45, 7) is 0. The molecule has 3 heteroatoms. The second-order valence-electron chi connectivity index (χ2n) is 1.60. The molecule has 9 heavy (non-hydrogen) atoms. The highest BCUT2D eigenvalue weighted by molar-refractivity contribution is 6.46. The molecule has 1 rings (SSSR count). The van der Waals surface area contributed by atoms with Crippen LogP contribution in [0, 0.1) is 11.3 Å². The molecule has 44 valence electrons. The summed E-state index contributed by atoms with van der Waals surface area (Å²) in [4.78, 5) is 14.2. The van der Waals surface area contributed by atoms with Gasteiger partial charge in [-0.3, -0.25) is 4.79 Å². The number of hydrogen-bond donors (Lipinski definition) is 0. The van der Waals surface area contributed by atoms with Crippen molar-refractivity contribution in [1.29, 1.82) is 5.26 Å². The molecule has 0 aliphatic carbocycles. The van der Waals surface area contributed by atoms with Gasteiger partial charge in [0.15, 0.2) is 11.5 Å². The quantitative estimate of drug-likeness (QED) is 0.465. The molecule has 0 unspecified atom stereocenters. The molecular formula is C6H4N2O. The minimum Gasteiger partial charge on any atom is -0.291 e. The van der Waals surface area contributed by atoms with E-state index >= 15 is 0 Å². The minimum absolute atomic E-state index is 0.0116. The van der Waals surface area contributed by atoms with Gasteiger partial charge in [-0.2, -0.15) is 5.26 Å². The van der Waals surface area contributed by atoms with Crippen LogP contribution in [0.5, 0.6) is 0 Å². The first-order valence-corrected chi connectivity index (χ1v) is 2.50. The second-order valence-corrected chi connectivity index (χ2v) is 1.60. The Morgan fingerprint density at radius 3 is 3.00 bits per heavy atom. The summed E-state index contributed by atoms with van der Waals surface area (Å²) in [5, 5.41) is 8.23. The predicted octanol–water partition coefficient (Wildman–Crippen LogP) is 0.437. The minimum atomic E-state index is -0.194. The summed E-state index contributed by atoms with van der Waals surface area (Å²) in [6, 6.07) is 1.70. The monoisotopic (exact) mass is 120 g/mol. The Morgan fingerprint density at radius 2 is 2.56 bits per heavy atom. The maximum Gasteiger partial charge on any atom is 0.195 e. The highest BCUT2D eigenvalue weighted by Gasteiger charge is 2.09. The van der Waals surface area contributed by atoms with Gasteiger partial charge in [-0.1, -0.05) is 6.08 Å². The molecule has 0 aromatic rings. The Bertz CT molecular complexity index is 232. The Labute approximate surface area is 52.3 Å². The molecule has 0 bridgehead atoms. The van der Waals surface area contributed by atoms with Crippen molar-refractivity contribution in [3.05, 3.63) is 12.3 Å². The predicted molar refractivity (Wildman–Crippen MR) is 31.8 cm³/mol. The number of allylic oxidation sites excluding steroid dienone is 1. The Balaban J connectivity index is 2.91. The molecule has 0 N–H and O–H groups in total. The van der Waals surface area contributed by atoms with Gasteiger partial charge in [0.2, 0.25) is 0 Å². The van der Waals surface area contributed by atoms with Crippen LogP contribution in [0.15, 0.2) is 17.3 Å². The van der Waals surface area contributed by atoms with Gasteiger partial charge in [-0.25, -0.2) is 4.99 Å². The summed E-state index contributed by atoms with van der Waals surface area (Å²) >= 11 is 0. The van der Waals surface area contributed by atoms with Crippen molar-refractivity contribution >= 4 is 11.5 Å². The van der Waals surface area contributed by atoms with Crippen LogP contribution in [0.2, 0.25) is 0 Å². The average molecular weight is 120 g/mol. The van der Waals surface area contributed by atoms with Crippen molar-refractivity contribution in [3.8, 4) is 6.07 Å². The fourth-order valence-corrected chi connectivity index (χ4v) is 0.547. The molecule has 1 aliphatic heterocycles. The summed E-state index contributed by atoms with van der Waals surface area (Å²) in [5.74, 6) is -0.194. The van der Waals surface area contributed by atoms with E-state index in [1.807, 2.05) is 0 Å². The number of Topliss-reactive ketones (excluding diaryl/α,β-unsaturated/α-hetero) is 1. The van der Waals surface area contributed by atoms with Crippen LogP contribution >= 0.6 is 0 Å². The van der Waals surface area contributed by atoms with Crippen molar-refractivity contribution in [2.24, 2.45) is 4.99 Å². The van der Waals surface area contributed by atoms with E-state index in [2.05, 4.69) is 4.99 Å². The first-order valence-electron chi connectivity index (χ1n) is 2.50. The van der Waals surface area contributed by atoms with E-state index in [0.29, 0.717) is 6.42 Å². The molecule has 0 fully saturated rings. The van der Waals surface area contributed by atoms with Crippen molar-refractivity contribution in [2.75, 3.05) is 0 Å². The highest BCUT2D eigenvalue weighted by atomic mass is 16.1. The topological polar surface area (TPSA) is 53.2 Å². The van der Waals surface area contributed by atoms with Crippen LogP contribution in [-0.4, -0.2) is 11.5 Å². The number of ketones is 1. The average Bonchev–Trinajstić information content (AvgIpc) is 1.89. The zero-order chi connectivity index (χ0) is 6.69. The maximum atomic E-state index is 10.6. The van der Waals surface area contributed by atoms with Crippen molar-refractivity contribution in [3.63, 3.8) is 0 Å². The van der Waals surface area contributed by atoms with Gasteiger partial charge < -0.3 is 0 Å². The van der Waals surface area contributed by atoms with E-state index in [1.165, 1.54) is 6.20 Å². The summed E-state index contributed by atoms with van der Waals surface area (Å²) < 4.78 is 0. The van der Waals surface area contributed by atoms with E-state index in [1.54, 1.807) is 12.1 Å². The lowest BCUT2D eigenvalue weighted by atomic mass is 10.2. The van der Waals surface area contributed by atoms with Gasteiger partial charge in [0.25, 0.3) is 0 Å². The zero-order valence-corrected chi connectivity index (χ0v) is 4.66. The van der Waals surface area contributed by atoms with Crippen molar-refractivity contribution in [1.82, 2.24) is 0 Å². The fourth-order valence-electron chi connectivity index (χ4n) is 0.547. The van der Waals surface area contributed by atoms with Gasteiger partial charge in [0, 0.05) is 12.6 Å². The van der Waals surface area contributed by atoms with Crippen LogP contribution in [-0.2, 0) is 4.79 Å². The second kappa shape index (κ2) is 2.23. The summed E-state index contributed by atoms with van der Waals surface area (Å²) in [5.41, 5.74) is 0.0116. The molecule has 0 radical (unpaired) electrons. The van der Waals surface area contributed by atoms with Gasteiger partial charge >= 0.3 is 0 Å². The largest absolute Gasteiger partial charge is 0.291 e. The summed E-state index contributed by atoms with van der Waals surface area (Å²) in [7, 11) is 0. The van der Waals surface area contributed by atoms with Gasteiger partial charge in [0.05, 0.1) is 0 Å². The van der Waals surface area contributed by atoms with Crippen molar-refractivity contribution < 1.29 is 4.79 Å². The molecule has 1 heterocycles. The number of carbonyl (C=O) groups excluding carboxylic acids is 1. The third-order valence-corrected chi connectivity index (χ3v) is 0.982. The lowest BCUT2D eigenvalue weighted by Gasteiger charge is -1.94. The van der Waals surface area contributed by atoms with E-state index in [0.717, 1.165) is 0 Å². The normalized spacial score (nSPS) is 16.8. The zero-order valence-electron chi connectivity index (χ0n) is 4.66. The number of aliphatic imine (C=N–C) groups is 1. The Hall–Kier alpha value is -1.43. The van der Waals surface area contributed by atoms with Crippen LogP contribution in [0.25, 0.3) is 0 Å². The number of carbonyl (C=O) groups is 1. The van der Waals surface area contributed by atoms with Crippen LogP contribution in [0.4, 0.5) is 0 Å². The van der Waals surface area contributed by atoms with Gasteiger partial charge in [-0.15, -0.1) is 0 Å². The molecule has 0 spiro atoms. The first-order chi connectivity index (χ1) is 4.34. The molecule has 0 aromatic carbocycles. The lowest BCUT2D eigenvalue weighted by molar-refractivity contribution is -0.112. The Kier molecular flexibility index (Phi) is 1.41. The standard InChI is InChI=1S/C6H4N2O/c7-4-5-6(9)2-1-3-8-5/h1,3H,2H2. The molecule has 0 amide bonds. The van der Waals surface area contributed by atoms with Crippen LogP contribution in [0.3, 0.4) is 0 Å². The van der Waals surface area contributed by atoms with E-state index in [-0.39, 0.29) is 11.5 Å². The molecule has 0 aromatic heterocycles. The number of rotatable bonds is 0. The van der Waals surface area contributed by atoms with Gasteiger partial charge in [-0.05, 0) is 0 Å². The molecular weight excluding hydrogens is 116 g/mol. The molecule has 3 nitrogen and oxygen atoms in total. The Morgan fingerprint density at radius 1 is 1.78 bits per heavy atom. The number of nitriles is 1. The maximum absolute atomic E-state index is 10.6. The molecule has 0 atom stereocenters.